The second-order valence-corrected chi connectivity index (χ2v) is 5.13. The summed E-state index contributed by atoms with van der Waals surface area (Å²) in [5, 5.41) is 4.47. The fourth-order valence-electron chi connectivity index (χ4n) is 1.91. The molecule has 0 aliphatic carbocycles. The van der Waals surface area contributed by atoms with Gasteiger partial charge in [0.1, 0.15) is 12.4 Å². The lowest BCUT2D eigenvalue weighted by molar-refractivity contribution is 0.294. The maximum atomic E-state index is 5.93. The third-order valence-corrected chi connectivity index (χ3v) is 3.28. The molecule has 1 aromatic heterocycles. The van der Waals surface area contributed by atoms with Gasteiger partial charge in [-0.2, -0.15) is 5.10 Å². The minimum atomic E-state index is 0.366. The molecule has 3 nitrogen and oxygen atoms in total. The largest absolute Gasteiger partial charge is 0.487 e. The van der Waals surface area contributed by atoms with Crippen LogP contribution in [-0.2, 0) is 12.5 Å². The van der Waals surface area contributed by atoms with E-state index in [1.165, 1.54) is 0 Å². The molecule has 0 bridgehead atoms. The van der Waals surface area contributed by atoms with Crippen molar-refractivity contribution in [1.29, 1.82) is 0 Å². The highest BCUT2D eigenvalue weighted by Gasteiger charge is 2.08. The molecule has 0 atom stereocenters. The number of hydrogen-bond acceptors (Lipinski definition) is 2. The summed E-state index contributed by atoms with van der Waals surface area (Å²) in [6, 6.07) is 8.36. The molecule has 102 valence electrons. The van der Waals surface area contributed by atoms with E-state index in [-0.39, 0.29) is 0 Å². The average molecular weight is 279 g/mol. The first-order chi connectivity index (χ1) is 9.11. The van der Waals surface area contributed by atoms with Gasteiger partial charge in [-0.25, -0.2) is 0 Å². The van der Waals surface area contributed by atoms with Gasteiger partial charge >= 0.3 is 0 Å². The Balaban J connectivity index is 2.09. The van der Waals surface area contributed by atoms with Gasteiger partial charge in [0.15, 0.2) is 0 Å². The summed E-state index contributed by atoms with van der Waals surface area (Å²) in [6.45, 7) is 6.70. The van der Waals surface area contributed by atoms with Crippen molar-refractivity contribution in [1.82, 2.24) is 9.78 Å². The Morgan fingerprint density at radius 2 is 2.11 bits per heavy atom. The Bertz CT molecular complexity index is 549. The number of benzene rings is 1. The fourth-order valence-corrected chi connectivity index (χ4v) is 2.12. The summed E-state index contributed by atoms with van der Waals surface area (Å²) >= 11 is 5.93. The van der Waals surface area contributed by atoms with E-state index in [1.54, 1.807) is 0 Å². The Labute approximate surface area is 119 Å². The minimum Gasteiger partial charge on any atom is -0.487 e. The van der Waals surface area contributed by atoms with Crippen LogP contribution >= 0.6 is 11.6 Å². The van der Waals surface area contributed by atoms with Crippen molar-refractivity contribution in [2.45, 2.75) is 39.3 Å². The summed E-state index contributed by atoms with van der Waals surface area (Å²) < 4.78 is 7.81. The van der Waals surface area contributed by atoms with Crippen LogP contribution in [0.1, 0.15) is 36.7 Å². The Morgan fingerprint density at radius 3 is 2.74 bits per heavy atom. The van der Waals surface area contributed by atoms with Crippen LogP contribution in [0.5, 0.6) is 5.75 Å². The lowest BCUT2D eigenvalue weighted by Crippen LogP contribution is -2.04. The van der Waals surface area contributed by atoms with Gasteiger partial charge in [0.25, 0.3) is 0 Å². The first kappa shape index (κ1) is 13.9. The zero-order valence-corrected chi connectivity index (χ0v) is 12.3. The predicted molar refractivity (Wildman–Crippen MR) is 77.7 cm³/mol. The first-order valence-corrected chi connectivity index (χ1v) is 6.96. The highest BCUT2D eigenvalue weighted by molar-refractivity contribution is 6.17. The molecule has 0 aliphatic rings. The monoisotopic (exact) mass is 278 g/mol. The summed E-state index contributed by atoms with van der Waals surface area (Å²) in [7, 11) is 0. The smallest absolute Gasteiger partial charge is 0.132 e. The molecule has 1 aromatic carbocycles. The molecule has 0 saturated carbocycles. The average Bonchev–Trinajstić information content (AvgIpc) is 2.86. The maximum absolute atomic E-state index is 5.93. The number of ether oxygens (including phenoxy) is 1. The third-order valence-electron chi connectivity index (χ3n) is 2.99. The Morgan fingerprint density at radius 1 is 1.32 bits per heavy atom. The molecular formula is C15H19ClN2O. The van der Waals surface area contributed by atoms with E-state index >= 15 is 0 Å². The summed E-state index contributed by atoms with van der Waals surface area (Å²) in [4.78, 5) is 0. The number of rotatable bonds is 5. The molecular weight excluding hydrogens is 260 g/mol. The zero-order chi connectivity index (χ0) is 13.8. The van der Waals surface area contributed by atoms with Gasteiger partial charge in [0, 0.05) is 17.8 Å². The third kappa shape index (κ3) is 3.29. The highest BCUT2D eigenvalue weighted by atomic mass is 35.5. The van der Waals surface area contributed by atoms with E-state index < -0.39 is 0 Å². The number of aryl methyl sites for hydroxylation is 1. The lowest BCUT2D eigenvalue weighted by Gasteiger charge is -2.11. The molecule has 0 fully saturated rings. The van der Waals surface area contributed by atoms with Gasteiger partial charge in [0.05, 0.1) is 11.6 Å². The van der Waals surface area contributed by atoms with Crippen LogP contribution in [0.15, 0.2) is 30.5 Å². The highest BCUT2D eigenvalue weighted by Crippen LogP contribution is 2.25. The van der Waals surface area contributed by atoms with Crippen molar-refractivity contribution >= 4 is 11.6 Å². The molecule has 1 heterocycles. The molecule has 2 aromatic rings. The van der Waals surface area contributed by atoms with Gasteiger partial charge in [-0.3, -0.25) is 4.68 Å². The predicted octanol–water partition coefficient (Wildman–Crippen LogP) is 4.09. The molecule has 0 aliphatic heterocycles. The lowest BCUT2D eigenvalue weighted by atomic mass is 10.1. The number of hydrogen-bond donors (Lipinski definition) is 0. The molecule has 0 amide bonds. The summed E-state index contributed by atoms with van der Waals surface area (Å²) in [5.41, 5.74) is 3.05. The second-order valence-electron chi connectivity index (χ2n) is 4.87. The van der Waals surface area contributed by atoms with E-state index in [1.807, 2.05) is 42.1 Å². The van der Waals surface area contributed by atoms with E-state index in [4.69, 9.17) is 16.3 Å². The van der Waals surface area contributed by atoms with Crippen LogP contribution in [0, 0.1) is 6.92 Å². The molecule has 0 saturated heterocycles. The number of halogens is 1. The summed E-state index contributed by atoms with van der Waals surface area (Å²) in [5.74, 6) is 1.33. The van der Waals surface area contributed by atoms with Gasteiger partial charge in [-0.1, -0.05) is 18.2 Å². The van der Waals surface area contributed by atoms with Gasteiger partial charge in [-0.15, -0.1) is 11.6 Å². The number of para-hydroxylation sites is 1. The standard InChI is InChI=1S/C15H19ClN2O/c1-11(2)18-8-7-14(17-18)10-19-15-12(3)5-4-6-13(15)9-16/h4-8,11H,9-10H2,1-3H3. The van der Waals surface area contributed by atoms with E-state index in [0.29, 0.717) is 18.5 Å². The topological polar surface area (TPSA) is 27.1 Å². The van der Waals surface area contributed by atoms with Crippen LogP contribution in [0.25, 0.3) is 0 Å². The fraction of sp³-hybridized carbons (Fsp3) is 0.400. The van der Waals surface area contributed by atoms with E-state index in [2.05, 4.69) is 18.9 Å². The van der Waals surface area contributed by atoms with Crippen molar-refractivity contribution in [3.05, 3.63) is 47.3 Å². The number of nitrogens with zero attached hydrogens (tertiary/aromatic N) is 2. The number of alkyl halides is 1. The molecule has 0 spiro atoms. The summed E-state index contributed by atoms with van der Waals surface area (Å²) in [6.07, 6.45) is 1.98. The molecule has 2 rings (SSSR count). The van der Waals surface area contributed by atoms with Gasteiger partial charge in [0.2, 0.25) is 0 Å². The molecule has 4 heteroatoms. The van der Waals surface area contributed by atoms with Gasteiger partial charge < -0.3 is 4.74 Å². The van der Waals surface area contributed by atoms with Crippen LogP contribution in [0.2, 0.25) is 0 Å². The minimum absolute atomic E-state index is 0.366. The molecule has 19 heavy (non-hydrogen) atoms. The van der Waals surface area contributed by atoms with Crippen LogP contribution in [0.4, 0.5) is 0 Å². The SMILES string of the molecule is Cc1cccc(CCl)c1OCc1ccn(C(C)C)n1. The van der Waals surface area contributed by atoms with Crippen molar-refractivity contribution in [2.24, 2.45) is 0 Å². The van der Waals surface area contributed by atoms with Crippen molar-refractivity contribution < 1.29 is 4.74 Å². The van der Waals surface area contributed by atoms with E-state index in [9.17, 15) is 0 Å². The van der Waals surface area contributed by atoms with Crippen LogP contribution in [0.3, 0.4) is 0 Å². The van der Waals surface area contributed by atoms with Crippen LogP contribution < -0.4 is 4.74 Å². The Hall–Kier alpha value is -1.48. The zero-order valence-electron chi connectivity index (χ0n) is 11.6. The van der Waals surface area contributed by atoms with Crippen molar-refractivity contribution in [3.63, 3.8) is 0 Å². The maximum Gasteiger partial charge on any atom is 0.132 e. The van der Waals surface area contributed by atoms with Gasteiger partial charge in [-0.05, 0) is 32.4 Å². The molecule has 0 N–H and O–H groups in total. The van der Waals surface area contributed by atoms with Crippen molar-refractivity contribution in [2.75, 3.05) is 0 Å². The molecule has 0 radical (unpaired) electrons. The van der Waals surface area contributed by atoms with Crippen LogP contribution in [-0.4, -0.2) is 9.78 Å². The Kier molecular flexibility index (Phi) is 4.48. The van der Waals surface area contributed by atoms with Crippen molar-refractivity contribution in [3.8, 4) is 5.75 Å². The first-order valence-electron chi connectivity index (χ1n) is 6.43. The quantitative estimate of drug-likeness (QED) is 0.770. The second kappa shape index (κ2) is 6.11. The van der Waals surface area contributed by atoms with E-state index in [0.717, 1.165) is 22.6 Å². The normalized spacial score (nSPS) is 11.0. The molecule has 0 unspecified atom stereocenters. The number of aromatic nitrogens is 2.